The number of aromatic nitrogens is 2. The molecule has 2 aromatic carbocycles. The third kappa shape index (κ3) is 3.55. The van der Waals surface area contributed by atoms with E-state index in [1.54, 1.807) is 19.2 Å². The van der Waals surface area contributed by atoms with Gasteiger partial charge >= 0.3 is 0 Å². The maximum Gasteiger partial charge on any atom is 0.273 e. The topological polar surface area (TPSA) is 87.4 Å². The quantitative estimate of drug-likeness (QED) is 0.330. The van der Waals surface area contributed by atoms with Crippen LogP contribution in [0, 0.1) is 10.1 Å². The highest BCUT2D eigenvalue weighted by atomic mass is 32.1. The number of non-ortho nitro benzene ring substituents is 1. The largest absolute Gasteiger partial charge is 0.438 e. The van der Waals surface area contributed by atoms with Crippen LogP contribution in [0.5, 0.6) is 11.6 Å². The van der Waals surface area contributed by atoms with Gasteiger partial charge in [0.05, 0.1) is 16.4 Å². The molecule has 0 N–H and O–H groups in total. The second-order valence-electron chi connectivity index (χ2n) is 5.93. The standard InChI is InChI=1S/C20H15N3O4S/c1-26-11-17-21-19(27-15-9-5-8-14(10-15)23(24)25)18-16(12-28-20(18)22-17)13-6-3-2-4-7-13/h2-10,12H,11H2,1H3. The third-order valence-corrected chi connectivity index (χ3v) is 4.92. The van der Waals surface area contributed by atoms with E-state index >= 15 is 0 Å². The molecule has 0 amide bonds. The molecule has 0 bridgehead atoms. The number of nitrogens with zero attached hydrogens (tertiary/aromatic N) is 3. The average molecular weight is 393 g/mol. The van der Waals surface area contributed by atoms with Gasteiger partial charge in [0.2, 0.25) is 5.88 Å². The maximum atomic E-state index is 11.1. The molecule has 0 fully saturated rings. The number of nitro benzene ring substituents is 1. The van der Waals surface area contributed by atoms with Crippen LogP contribution in [-0.4, -0.2) is 22.0 Å². The summed E-state index contributed by atoms with van der Waals surface area (Å²) in [6.45, 7) is 0.236. The molecule has 0 radical (unpaired) electrons. The molecule has 0 unspecified atom stereocenters. The minimum Gasteiger partial charge on any atom is -0.438 e. The number of hydrogen-bond acceptors (Lipinski definition) is 7. The highest BCUT2D eigenvalue weighted by Gasteiger charge is 2.18. The number of methoxy groups -OCH3 is 1. The van der Waals surface area contributed by atoms with Crippen LogP contribution >= 0.6 is 11.3 Å². The minimum absolute atomic E-state index is 0.0477. The van der Waals surface area contributed by atoms with E-state index in [1.165, 1.54) is 23.5 Å². The maximum absolute atomic E-state index is 11.1. The zero-order valence-corrected chi connectivity index (χ0v) is 15.7. The summed E-state index contributed by atoms with van der Waals surface area (Å²) >= 11 is 1.49. The Labute approximate surface area is 164 Å². The second-order valence-corrected chi connectivity index (χ2v) is 6.79. The van der Waals surface area contributed by atoms with Gasteiger partial charge in [-0.25, -0.2) is 4.98 Å². The first-order valence-corrected chi connectivity index (χ1v) is 9.28. The van der Waals surface area contributed by atoms with Gasteiger partial charge in [0.1, 0.15) is 17.2 Å². The predicted octanol–water partition coefficient (Wildman–Crippen LogP) is 5.21. The lowest BCUT2D eigenvalue weighted by Crippen LogP contribution is -2.00. The third-order valence-electron chi connectivity index (χ3n) is 4.05. The van der Waals surface area contributed by atoms with Gasteiger partial charge in [-0.2, -0.15) is 4.98 Å². The Morgan fingerprint density at radius 1 is 1.11 bits per heavy atom. The molecular formula is C20H15N3O4S. The van der Waals surface area contributed by atoms with Gasteiger partial charge in [-0.1, -0.05) is 36.4 Å². The van der Waals surface area contributed by atoms with Gasteiger partial charge < -0.3 is 9.47 Å². The van der Waals surface area contributed by atoms with Gasteiger partial charge in [0.25, 0.3) is 5.69 Å². The summed E-state index contributed by atoms with van der Waals surface area (Å²) in [5.74, 6) is 1.16. The number of thiophene rings is 1. The zero-order chi connectivity index (χ0) is 19.5. The van der Waals surface area contributed by atoms with Gasteiger partial charge in [0, 0.05) is 24.1 Å². The van der Waals surface area contributed by atoms with Crippen LogP contribution in [0.2, 0.25) is 0 Å². The molecule has 140 valence electrons. The van der Waals surface area contributed by atoms with Crippen LogP contribution in [0.4, 0.5) is 5.69 Å². The van der Waals surface area contributed by atoms with E-state index in [9.17, 15) is 10.1 Å². The number of benzene rings is 2. The van der Waals surface area contributed by atoms with Gasteiger partial charge in [0.15, 0.2) is 5.82 Å². The number of nitro groups is 1. The second kappa shape index (κ2) is 7.71. The van der Waals surface area contributed by atoms with Crippen LogP contribution in [0.1, 0.15) is 5.82 Å². The van der Waals surface area contributed by atoms with Crippen LogP contribution in [-0.2, 0) is 11.3 Å². The molecular weight excluding hydrogens is 378 g/mol. The molecule has 0 spiro atoms. The monoisotopic (exact) mass is 393 g/mol. The Kier molecular flexibility index (Phi) is 4.96. The fourth-order valence-electron chi connectivity index (χ4n) is 2.82. The number of ether oxygens (including phenoxy) is 2. The molecule has 4 aromatic rings. The lowest BCUT2D eigenvalue weighted by molar-refractivity contribution is -0.384. The summed E-state index contributed by atoms with van der Waals surface area (Å²) in [5.41, 5.74) is 1.92. The summed E-state index contributed by atoms with van der Waals surface area (Å²) in [4.78, 5) is 20.4. The summed E-state index contributed by atoms with van der Waals surface area (Å²) in [5, 5.41) is 13.8. The van der Waals surface area contributed by atoms with Gasteiger partial charge in [-0.3, -0.25) is 10.1 Å². The van der Waals surface area contributed by atoms with E-state index in [-0.39, 0.29) is 12.3 Å². The van der Waals surface area contributed by atoms with Crippen LogP contribution in [0.25, 0.3) is 21.3 Å². The van der Waals surface area contributed by atoms with Crippen molar-refractivity contribution in [2.75, 3.05) is 7.11 Å². The lowest BCUT2D eigenvalue weighted by atomic mass is 10.1. The molecule has 4 rings (SSSR count). The number of fused-ring (bicyclic) bond motifs is 1. The molecule has 7 nitrogen and oxygen atoms in total. The minimum atomic E-state index is -0.460. The molecule has 8 heteroatoms. The Morgan fingerprint density at radius 2 is 1.93 bits per heavy atom. The highest BCUT2D eigenvalue weighted by Crippen LogP contribution is 2.39. The first-order valence-electron chi connectivity index (χ1n) is 8.40. The molecule has 0 saturated carbocycles. The fourth-order valence-corrected chi connectivity index (χ4v) is 3.78. The van der Waals surface area contributed by atoms with E-state index in [2.05, 4.69) is 9.97 Å². The predicted molar refractivity (Wildman–Crippen MR) is 107 cm³/mol. The van der Waals surface area contributed by atoms with Crippen molar-refractivity contribution >= 4 is 27.2 Å². The Balaban J connectivity index is 1.86. The van der Waals surface area contributed by atoms with E-state index in [1.807, 2.05) is 35.7 Å². The van der Waals surface area contributed by atoms with E-state index in [0.29, 0.717) is 17.5 Å². The first-order chi connectivity index (χ1) is 13.7. The van der Waals surface area contributed by atoms with Gasteiger partial charge in [-0.05, 0) is 11.6 Å². The Bertz CT molecular complexity index is 1140. The van der Waals surface area contributed by atoms with Crippen molar-refractivity contribution in [3.8, 4) is 22.8 Å². The normalized spacial score (nSPS) is 10.9. The zero-order valence-electron chi connectivity index (χ0n) is 14.9. The summed E-state index contributed by atoms with van der Waals surface area (Å²) in [7, 11) is 1.57. The van der Waals surface area contributed by atoms with Crippen molar-refractivity contribution < 1.29 is 14.4 Å². The van der Waals surface area contributed by atoms with Gasteiger partial charge in [-0.15, -0.1) is 11.3 Å². The SMILES string of the molecule is COCc1nc(Oc2cccc([N+](=O)[O-])c2)c2c(-c3ccccc3)csc2n1. The number of rotatable bonds is 6. The highest BCUT2D eigenvalue weighted by molar-refractivity contribution is 7.17. The average Bonchev–Trinajstić information content (AvgIpc) is 3.13. The van der Waals surface area contributed by atoms with E-state index < -0.39 is 4.92 Å². The first kappa shape index (κ1) is 18.0. The molecule has 0 aliphatic heterocycles. The Hall–Kier alpha value is -3.36. The molecule has 0 aliphatic rings. The smallest absolute Gasteiger partial charge is 0.273 e. The van der Waals surface area contributed by atoms with Crippen molar-refractivity contribution in [1.82, 2.24) is 9.97 Å². The van der Waals surface area contributed by atoms with E-state index in [4.69, 9.17) is 9.47 Å². The number of hydrogen-bond donors (Lipinski definition) is 0. The van der Waals surface area contributed by atoms with Crippen molar-refractivity contribution in [2.24, 2.45) is 0 Å². The molecule has 2 heterocycles. The van der Waals surface area contributed by atoms with Crippen LogP contribution in [0.15, 0.2) is 60.0 Å². The molecule has 28 heavy (non-hydrogen) atoms. The van der Waals surface area contributed by atoms with E-state index in [0.717, 1.165) is 21.3 Å². The lowest BCUT2D eigenvalue weighted by Gasteiger charge is -2.09. The van der Waals surface area contributed by atoms with Crippen LogP contribution in [0.3, 0.4) is 0 Å². The molecule has 2 aromatic heterocycles. The summed E-state index contributed by atoms with van der Waals surface area (Å²) in [6.07, 6.45) is 0. The van der Waals surface area contributed by atoms with Crippen LogP contribution < -0.4 is 4.74 Å². The van der Waals surface area contributed by atoms with Crippen molar-refractivity contribution in [2.45, 2.75) is 6.61 Å². The molecule has 0 atom stereocenters. The Morgan fingerprint density at radius 3 is 2.68 bits per heavy atom. The van der Waals surface area contributed by atoms with Crippen molar-refractivity contribution in [1.29, 1.82) is 0 Å². The summed E-state index contributed by atoms with van der Waals surface area (Å²) < 4.78 is 11.1. The fraction of sp³-hybridized carbons (Fsp3) is 0.100. The summed E-state index contributed by atoms with van der Waals surface area (Å²) in [6, 6.07) is 15.9. The van der Waals surface area contributed by atoms with Crippen molar-refractivity contribution in [3.05, 3.63) is 75.9 Å². The molecule has 0 aliphatic carbocycles. The van der Waals surface area contributed by atoms with Crippen molar-refractivity contribution in [3.63, 3.8) is 0 Å². The molecule has 0 saturated heterocycles.